The van der Waals surface area contributed by atoms with Crippen molar-refractivity contribution in [3.63, 3.8) is 0 Å². The van der Waals surface area contributed by atoms with Crippen molar-refractivity contribution in [2.75, 3.05) is 0 Å². The molecule has 7 heteroatoms. The lowest BCUT2D eigenvalue weighted by Gasteiger charge is -2.16. The van der Waals surface area contributed by atoms with Crippen LogP contribution in [0, 0.1) is 34.6 Å². The molecule has 0 aliphatic rings. The molecule has 6 nitrogen and oxygen atoms in total. The summed E-state index contributed by atoms with van der Waals surface area (Å²) >= 11 is 0. The van der Waals surface area contributed by atoms with Crippen LogP contribution in [0.3, 0.4) is 0 Å². The summed E-state index contributed by atoms with van der Waals surface area (Å²) in [4.78, 5) is 11.3. The van der Waals surface area contributed by atoms with Gasteiger partial charge in [0.1, 0.15) is 24.7 Å². The molecule has 0 aliphatic heterocycles. The lowest BCUT2D eigenvalue weighted by Crippen LogP contribution is -2.34. The Morgan fingerprint density at radius 3 is 1.47 bits per heavy atom. The van der Waals surface area contributed by atoms with E-state index in [1.165, 1.54) is 0 Å². The Kier molecular flexibility index (Phi) is 11.2. The number of carbonyl (C=O) groups is 1. The molecule has 3 N–H and O–H groups in total. The molecule has 0 spiro atoms. The zero-order valence-corrected chi connectivity index (χ0v) is 26.4. The molecule has 0 amide bonds. The van der Waals surface area contributed by atoms with Crippen LogP contribution in [0.5, 0.6) is 11.5 Å². The van der Waals surface area contributed by atoms with Crippen molar-refractivity contribution in [3.8, 4) is 22.6 Å². The van der Waals surface area contributed by atoms with Gasteiger partial charge >= 0.3 is 13.1 Å². The number of rotatable bonds is 9. The summed E-state index contributed by atoms with van der Waals surface area (Å²) in [7, 11) is -1.44. The first-order valence-electron chi connectivity index (χ1n) is 14.8. The maximum atomic E-state index is 11.3. The Morgan fingerprint density at radius 1 is 0.600 bits per heavy atom. The number of aryl methyl sites for hydroxylation is 5. The van der Waals surface area contributed by atoms with Crippen LogP contribution < -0.4 is 14.9 Å². The van der Waals surface area contributed by atoms with E-state index in [2.05, 4.69) is 0 Å². The van der Waals surface area contributed by atoms with E-state index < -0.39 is 13.1 Å². The van der Waals surface area contributed by atoms with Gasteiger partial charge in [0.2, 0.25) is 0 Å². The predicted molar refractivity (Wildman–Crippen MR) is 180 cm³/mol. The highest BCUT2D eigenvalue weighted by Gasteiger charge is 2.18. The number of hydrogen-bond donors (Lipinski definition) is 3. The van der Waals surface area contributed by atoms with E-state index in [0.29, 0.717) is 24.2 Å². The van der Waals surface area contributed by atoms with Crippen LogP contribution in [0.15, 0.2) is 103 Å². The normalized spacial score (nSPS) is 10.5. The van der Waals surface area contributed by atoms with E-state index in [1.54, 1.807) is 12.1 Å². The molecule has 0 radical (unpaired) electrons. The average molecular weight is 603 g/mol. The predicted octanol–water partition coefficient (Wildman–Crippen LogP) is 7.12. The smallest absolute Gasteiger partial charge is 0.488 e. The number of carboxylic acids is 1. The Balaban J connectivity index is 0.000000215. The first-order chi connectivity index (χ1) is 21.5. The molecule has 5 aromatic carbocycles. The van der Waals surface area contributed by atoms with Gasteiger partial charge in [-0.1, -0.05) is 66.7 Å². The van der Waals surface area contributed by atoms with Crippen LogP contribution in [0.25, 0.3) is 11.1 Å². The molecule has 45 heavy (non-hydrogen) atoms. The lowest BCUT2D eigenvalue weighted by atomic mass is 9.74. The van der Waals surface area contributed by atoms with Crippen molar-refractivity contribution in [2.24, 2.45) is 0 Å². The number of aromatic carboxylic acids is 1. The summed E-state index contributed by atoms with van der Waals surface area (Å²) in [6.07, 6.45) is 0. The second-order valence-electron chi connectivity index (χ2n) is 11.2. The largest absolute Gasteiger partial charge is 0.489 e. The topological polar surface area (TPSA) is 96.2 Å². The second-order valence-corrected chi connectivity index (χ2v) is 11.2. The average Bonchev–Trinajstić information content (AvgIpc) is 3.00. The molecule has 0 bridgehead atoms. The third-order valence-corrected chi connectivity index (χ3v) is 7.58. The molecule has 0 fully saturated rings. The molecule has 0 aliphatic carbocycles. The van der Waals surface area contributed by atoms with E-state index in [-0.39, 0.29) is 0 Å². The minimum Gasteiger partial charge on any atom is -0.489 e. The Labute approximate surface area is 265 Å². The van der Waals surface area contributed by atoms with Gasteiger partial charge in [0.15, 0.2) is 0 Å². The zero-order chi connectivity index (χ0) is 32.5. The van der Waals surface area contributed by atoms with Gasteiger partial charge in [0, 0.05) is 0 Å². The quantitative estimate of drug-likeness (QED) is 0.156. The minimum absolute atomic E-state index is 0.300. The van der Waals surface area contributed by atoms with Gasteiger partial charge in [0.25, 0.3) is 0 Å². The maximum Gasteiger partial charge on any atom is 0.488 e. The molecular formula is C38H39BO6. The SMILES string of the molecule is Cc1cc(OCc2ccccc2)cc(C)c1B(O)O.Cc1ccc(C(=O)O)cc1-c1c(C)cc(OCc2ccccc2)cc1C. The summed E-state index contributed by atoms with van der Waals surface area (Å²) < 4.78 is 11.7. The van der Waals surface area contributed by atoms with Gasteiger partial charge in [-0.25, -0.2) is 4.79 Å². The van der Waals surface area contributed by atoms with Crippen molar-refractivity contribution in [2.45, 2.75) is 47.8 Å². The molecule has 0 atom stereocenters. The maximum absolute atomic E-state index is 11.3. The third-order valence-electron chi connectivity index (χ3n) is 7.58. The fourth-order valence-corrected chi connectivity index (χ4v) is 5.36. The second kappa shape index (κ2) is 15.2. The molecule has 5 aromatic rings. The van der Waals surface area contributed by atoms with Crippen LogP contribution >= 0.6 is 0 Å². The van der Waals surface area contributed by atoms with E-state index in [1.807, 2.05) is 126 Å². The van der Waals surface area contributed by atoms with Gasteiger partial charge < -0.3 is 24.6 Å². The van der Waals surface area contributed by atoms with Crippen LogP contribution in [-0.4, -0.2) is 28.2 Å². The molecule has 0 heterocycles. The van der Waals surface area contributed by atoms with Crippen LogP contribution in [-0.2, 0) is 13.2 Å². The zero-order valence-electron chi connectivity index (χ0n) is 26.4. The molecule has 0 saturated carbocycles. The number of benzene rings is 5. The Hall–Kier alpha value is -4.85. The monoisotopic (exact) mass is 602 g/mol. The summed E-state index contributed by atoms with van der Waals surface area (Å²) in [6.45, 7) is 10.8. The van der Waals surface area contributed by atoms with Crippen LogP contribution in [0.4, 0.5) is 0 Å². The highest BCUT2D eigenvalue weighted by molar-refractivity contribution is 6.59. The summed E-state index contributed by atoms with van der Waals surface area (Å²) in [5.74, 6) is 0.646. The fourth-order valence-electron chi connectivity index (χ4n) is 5.36. The van der Waals surface area contributed by atoms with Gasteiger partial charge in [-0.2, -0.15) is 0 Å². The first kappa shape index (κ1) is 33.1. The highest BCUT2D eigenvalue weighted by Crippen LogP contribution is 2.34. The third kappa shape index (κ3) is 8.85. The van der Waals surface area contributed by atoms with Crippen molar-refractivity contribution < 1.29 is 29.4 Å². The van der Waals surface area contributed by atoms with Crippen LogP contribution in [0.1, 0.15) is 49.3 Å². The summed E-state index contributed by atoms with van der Waals surface area (Å²) in [5, 5.41) is 27.9. The van der Waals surface area contributed by atoms with Crippen molar-refractivity contribution in [1.82, 2.24) is 0 Å². The summed E-state index contributed by atoms with van der Waals surface area (Å²) in [5.41, 5.74) is 9.92. The van der Waals surface area contributed by atoms with Crippen molar-refractivity contribution in [1.29, 1.82) is 0 Å². The molecule has 5 rings (SSSR count). The van der Waals surface area contributed by atoms with Gasteiger partial charge in [-0.3, -0.25) is 0 Å². The van der Waals surface area contributed by atoms with Crippen molar-refractivity contribution in [3.05, 3.63) is 148 Å². The van der Waals surface area contributed by atoms with Gasteiger partial charge in [-0.05, 0) is 127 Å². The molecule has 0 unspecified atom stereocenters. The standard InChI is InChI=1S/C23H22O3.C15H17BO3/c1-15-9-10-19(23(24)25)13-21(15)22-16(2)11-20(12-17(22)3)26-14-18-7-5-4-6-8-18;1-11-8-14(9-12(2)15(11)16(17)18)19-10-13-6-4-3-5-7-13/h4-13H,14H2,1-3H3,(H,24,25);3-9,17-18H,10H2,1-2H3. The molecule has 0 saturated heterocycles. The molecule has 230 valence electrons. The Morgan fingerprint density at radius 2 is 1.04 bits per heavy atom. The van der Waals surface area contributed by atoms with E-state index in [9.17, 15) is 19.9 Å². The minimum atomic E-state index is -1.44. The van der Waals surface area contributed by atoms with E-state index in [0.717, 1.165) is 61.6 Å². The van der Waals surface area contributed by atoms with Gasteiger partial charge in [-0.15, -0.1) is 0 Å². The van der Waals surface area contributed by atoms with E-state index in [4.69, 9.17) is 9.47 Å². The molecular weight excluding hydrogens is 563 g/mol. The van der Waals surface area contributed by atoms with Crippen molar-refractivity contribution >= 4 is 18.6 Å². The first-order valence-corrected chi connectivity index (χ1v) is 14.8. The lowest BCUT2D eigenvalue weighted by molar-refractivity contribution is 0.0697. The Bertz CT molecular complexity index is 1700. The highest BCUT2D eigenvalue weighted by atomic mass is 16.5. The molecule has 0 aromatic heterocycles. The van der Waals surface area contributed by atoms with E-state index >= 15 is 0 Å². The number of carboxylic acid groups (broad SMARTS) is 1. The van der Waals surface area contributed by atoms with Gasteiger partial charge in [0.05, 0.1) is 5.56 Å². The van der Waals surface area contributed by atoms with Crippen LogP contribution in [0.2, 0.25) is 0 Å². The number of ether oxygens (including phenoxy) is 2. The number of hydrogen-bond acceptors (Lipinski definition) is 5. The summed E-state index contributed by atoms with van der Waals surface area (Å²) in [6, 6.07) is 32.9. The fraction of sp³-hybridized carbons (Fsp3) is 0.184.